The summed E-state index contributed by atoms with van der Waals surface area (Å²) < 4.78 is 5.54. The van der Waals surface area contributed by atoms with Gasteiger partial charge >= 0.3 is 5.97 Å². The molecule has 3 rings (SSSR count). The molecule has 0 unspecified atom stereocenters. The SMILES string of the molecule is CCN(Cc1cc(C)cnc1-c1cc(CC(=O)O)ccc1OC)C(=O)CCc1ccccc1. The highest BCUT2D eigenvalue weighted by Gasteiger charge is 2.19. The smallest absolute Gasteiger partial charge is 0.307 e. The Labute approximate surface area is 194 Å². The molecule has 6 nitrogen and oxygen atoms in total. The Morgan fingerprint density at radius 3 is 2.48 bits per heavy atom. The summed E-state index contributed by atoms with van der Waals surface area (Å²) in [6, 6.07) is 17.3. The van der Waals surface area contributed by atoms with E-state index in [-0.39, 0.29) is 12.3 Å². The van der Waals surface area contributed by atoms with Gasteiger partial charge in [-0.3, -0.25) is 14.6 Å². The van der Waals surface area contributed by atoms with Crippen LogP contribution in [0.5, 0.6) is 5.75 Å². The van der Waals surface area contributed by atoms with Crippen LogP contribution < -0.4 is 4.74 Å². The minimum atomic E-state index is -0.899. The average molecular weight is 447 g/mol. The second-order valence-corrected chi connectivity index (χ2v) is 8.02. The molecule has 33 heavy (non-hydrogen) atoms. The monoisotopic (exact) mass is 446 g/mol. The Bertz CT molecular complexity index is 1110. The number of carbonyl (C=O) groups excluding carboxylic acids is 1. The van der Waals surface area contributed by atoms with Crippen molar-refractivity contribution in [3.05, 3.63) is 83.0 Å². The van der Waals surface area contributed by atoms with Gasteiger partial charge in [-0.05, 0) is 54.7 Å². The first-order chi connectivity index (χ1) is 15.9. The van der Waals surface area contributed by atoms with Crippen LogP contribution in [0.3, 0.4) is 0 Å². The largest absolute Gasteiger partial charge is 0.496 e. The van der Waals surface area contributed by atoms with E-state index in [2.05, 4.69) is 4.98 Å². The molecule has 0 aliphatic heterocycles. The van der Waals surface area contributed by atoms with Crippen LogP contribution in [-0.2, 0) is 29.0 Å². The van der Waals surface area contributed by atoms with E-state index in [0.29, 0.717) is 42.9 Å². The van der Waals surface area contributed by atoms with Gasteiger partial charge in [-0.2, -0.15) is 0 Å². The van der Waals surface area contributed by atoms with Crippen molar-refractivity contribution in [2.45, 2.75) is 39.7 Å². The molecule has 0 aliphatic carbocycles. The van der Waals surface area contributed by atoms with Crippen LogP contribution in [0.4, 0.5) is 0 Å². The molecular weight excluding hydrogens is 416 g/mol. The van der Waals surface area contributed by atoms with E-state index < -0.39 is 5.97 Å². The maximum absolute atomic E-state index is 13.0. The Balaban J connectivity index is 1.89. The van der Waals surface area contributed by atoms with Gasteiger partial charge in [-0.25, -0.2) is 0 Å². The first-order valence-corrected chi connectivity index (χ1v) is 11.1. The van der Waals surface area contributed by atoms with Crippen molar-refractivity contribution in [3.63, 3.8) is 0 Å². The molecule has 0 spiro atoms. The van der Waals surface area contributed by atoms with Crippen LogP contribution in [0.2, 0.25) is 0 Å². The molecule has 1 heterocycles. The lowest BCUT2D eigenvalue weighted by Gasteiger charge is -2.23. The molecule has 0 aliphatic rings. The van der Waals surface area contributed by atoms with Gasteiger partial charge < -0.3 is 14.7 Å². The number of carbonyl (C=O) groups is 2. The number of hydrogen-bond donors (Lipinski definition) is 1. The number of carboxylic acids is 1. The van der Waals surface area contributed by atoms with E-state index in [1.54, 1.807) is 25.4 Å². The van der Waals surface area contributed by atoms with E-state index in [0.717, 1.165) is 22.3 Å². The van der Waals surface area contributed by atoms with Crippen LogP contribution in [0, 0.1) is 6.92 Å². The lowest BCUT2D eigenvalue weighted by molar-refractivity contribution is -0.136. The molecule has 3 aromatic rings. The molecule has 0 saturated carbocycles. The van der Waals surface area contributed by atoms with E-state index in [4.69, 9.17) is 4.74 Å². The molecule has 1 N–H and O–H groups in total. The second-order valence-electron chi connectivity index (χ2n) is 8.02. The van der Waals surface area contributed by atoms with Crippen molar-refractivity contribution in [2.75, 3.05) is 13.7 Å². The van der Waals surface area contributed by atoms with Crippen molar-refractivity contribution in [2.24, 2.45) is 0 Å². The number of nitrogens with zero attached hydrogens (tertiary/aromatic N) is 2. The fourth-order valence-corrected chi connectivity index (χ4v) is 3.85. The maximum atomic E-state index is 13.0. The molecule has 0 radical (unpaired) electrons. The number of pyridine rings is 1. The van der Waals surface area contributed by atoms with Crippen molar-refractivity contribution in [1.82, 2.24) is 9.88 Å². The summed E-state index contributed by atoms with van der Waals surface area (Å²) >= 11 is 0. The Kier molecular flexibility index (Phi) is 8.19. The summed E-state index contributed by atoms with van der Waals surface area (Å²) in [7, 11) is 1.58. The summed E-state index contributed by atoms with van der Waals surface area (Å²) in [5, 5.41) is 9.20. The molecule has 1 aromatic heterocycles. The molecule has 172 valence electrons. The maximum Gasteiger partial charge on any atom is 0.307 e. The van der Waals surface area contributed by atoms with Crippen LogP contribution >= 0.6 is 0 Å². The van der Waals surface area contributed by atoms with E-state index >= 15 is 0 Å². The fourth-order valence-electron chi connectivity index (χ4n) is 3.85. The Morgan fingerprint density at radius 1 is 1.06 bits per heavy atom. The van der Waals surface area contributed by atoms with Crippen molar-refractivity contribution in [1.29, 1.82) is 0 Å². The van der Waals surface area contributed by atoms with Gasteiger partial charge in [0.1, 0.15) is 5.75 Å². The van der Waals surface area contributed by atoms with Gasteiger partial charge in [-0.1, -0.05) is 42.5 Å². The van der Waals surface area contributed by atoms with Crippen molar-refractivity contribution < 1.29 is 19.4 Å². The number of methoxy groups -OCH3 is 1. The summed E-state index contributed by atoms with van der Waals surface area (Å²) in [5.41, 5.74) is 5.11. The van der Waals surface area contributed by atoms with Crippen LogP contribution in [0.15, 0.2) is 60.8 Å². The average Bonchev–Trinajstić information content (AvgIpc) is 2.81. The third-order valence-corrected chi connectivity index (χ3v) is 5.54. The number of aromatic nitrogens is 1. The molecular formula is C27H30N2O4. The fraction of sp³-hybridized carbons (Fsp3) is 0.296. The number of ether oxygens (including phenoxy) is 1. The van der Waals surface area contributed by atoms with Gasteiger partial charge in [0, 0.05) is 31.3 Å². The summed E-state index contributed by atoms with van der Waals surface area (Å²) in [5.74, 6) is -0.204. The number of aliphatic carboxylic acids is 1. The summed E-state index contributed by atoms with van der Waals surface area (Å²) in [4.78, 5) is 30.7. The van der Waals surface area contributed by atoms with Crippen molar-refractivity contribution >= 4 is 11.9 Å². The van der Waals surface area contributed by atoms with Crippen LogP contribution in [0.25, 0.3) is 11.3 Å². The van der Waals surface area contributed by atoms with Gasteiger partial charge in [0.15, 0.2) is 0 Å². The summed E-state index contributed by atoms with van der Waals surface area (Å²) in [6.45, 7) is 4.93. The molecule has 1 amide bonds. The first-order valence-electron chi connectivity index (χ1n) is 11.1. The minimum absolute atomic E-state index is 0.0837. The van der Waals surface area contributed by atoms with Crippen LogP contribution in [0.1, 0.15) is 35.6 Å². The number of amides is 1. The molecule has 2 aromatic carbocycles. The zero-order chi connectivity index (χ0) is 23.8. The zero-order valence-corrected chi connectivity index (χ0v) is 19.4. The third kappa shape index (κ3) is 6.42. The molecule has 0 bridgehead atoms. The standard InChI is InChI=1S/C27H30N2O4/c1-4-29(25(30)13-11-20-8-6-5-7-9-20)18-22-14-19(2)17-28-27(22)23-15-21(16-26(31)32)10-12-24(23)33-3/h5-10,12,14-15,17H,4,11,13,16,18H2,1-3H3,(H,31,32). The molecule has 0 saturated heterocycles. The van der Waals surface area contributed by atoms with E-state index in [1.807, 2.05) is 61.2 Å². The normalized spacial score (nSPS) is 10.6. The topological polar surface area (TPSA) is 79.7 Å². The number of rotatable bonds is 10. The van der Waals surface area contributed by atoms with Gasteiger partial charge in [-0.15, -0.1) is 0 Å². The number of carboxylic acid groups (broad SMARTS) is 1. The highest BCUT2D eigenvalue weighted by atomic mass is 16.5. The Morgan fingerprint density at radius 2 is 1.82 bits per heavy atom. The number of benzene rings is 2. The first kappa shape index (κ1) is 24.0. The quantitative estimate of drug-likeness (QED) is 0.489. The minimum Gasteiger partial charge on any atom is -0.496 e. The molecule has 0 fully saturated rings. The summed E-state index contributed by atoms with van der Waals surface area (Å²) in [6.07, 6.45) is 2.82. The Hall–Kier alpha value is -3.67. The van der Waals surface area contributed by atoms with Gasteiger partial charge in [0.25, 0.3) is 0 Å². The van der Waals surface area contributed by atoms with E-state index in [9.17, 15) is 14.7 Å². The second kappa shape index (κ2) is 11.3. The van der Waals surface area contributed by atoms with Crippen LogP contribution in [-0.4, -0.2) is 40.5 Å². The van der Waals surface area contributed by atoms with Gasteiger partial charge in [0.2, 0.25) is 5.91 Å². The predicted molar refractivity (Wildman–Crippen MR) is 128 cm³/mol. The van der Waals surface area contributed by atoms with E-state index in [1.165, 1.54) is 0 Å². The number of aryl methyl sites for hydroxylation is 2. The molecule has 0 atom stereocenters. The predicted octanol–water partition coefficient (Wildman–Crippen LogP) is 4.67. The zero-order valence-electron chi connectivity index (χ0n) is 19.4. The molecule has 6 heteroatoms. The number of hydrogen-bond acceptors (Lipinski definition) is 4. The van der Waals surface area contributed by atoms with Crippen molar-refractivity contribution in [3.8, 4) is 17.0 Å². The lowest BCUT2D eigenvalue weighted by Crippen LogP contribution is -2.30. The van der Waals surface area contributed by atoms with Gasteiger partial charge in [0.05, 0.1) is 19.2 Å². The highest BCUT2D eigenvalue weighted by molar-refractivity contribution is 5.78. The third-order valence-electron chi connectivity index (χ3n) is 5.54. The highest BCUT2D eigenvalue weighted by Crippen LogP contribution is 2.33. The lowest BCUT2D eigenvalue weighted by atomic mass is 9.99.